The minimum atomic E-state index is -0.866. The van der Waals surface area contributed by atoms with Gasteiger partial charge in [0.2, 0.25) is 4.96 Å². The number of nitrogens with zero attached hydrogens (tertiary/aromatic N) is 4. The van der Waals surface area contributed by atoms with Gasteiger partial charge in [0.05, 0.1) is 6.42 Å². The first-order chi connectivity index (χ1) is 7.74. The molecule has 2 aromatic rings. The molecule has 1 saturated carbocycles. The smallest absolute Gasteiger partial charge is 0.310 e. The van der Waals surface area contributed by atoms with E-state index < -0.39 is 5.97 Å². The molecule has 1 fully saturated rings. The Kier molecular flexibility index (Phi) is 2.13. The predicted octanol–water partition coefficient (Wildman–Crippen LogP) is 1.08. The van der Waals surface area contributed by atoms with Gasteiger partial charge in [0.15, 0.2) is 5.82 Å². The monoisotopic (exact) mass is 238 g/mol. The number of hydrogen-bond donors (Lipinski definition) is 1. The summed E-state index contributed by atoms with van der Waals surface area (Å²) >= 11 is 1.30. The van der Waals surface area contributed by atoms with Gasteiger partial charge in [-0.1, -0.05) is 17.8 Å². The van der Waals surface area contributed by atoms with Crippen LogP contribution in [0.3, 0.4) is 0 Å². The van der Waals surface area contributed by atoms with E-state index in [4.69, 9.17) is 5.11 Å². The fourth-order valence-electron chi connectivity index (χ4n) is 1.79. The number of fused-ring (bicyclic) bond motifs is 1. The minimum absolute atomic E-state index is 0.0435. The Morgan fingerprint density at radius 2 is 2.31 bits per heavy atom. The number of rotatable bonds is 3. The maximum absolute atomic E-state index is 10.6. The van der Waals surface area contributed by atoms with Crippen molar-refractivity contribution in [1.82, 2.24) is 19.8 Å². The number of carbonyl (C=O) groups is 1. The molecule has 2 aromatic heterocycles. The first-order valence-corrected chi connectivity index (χ1v) is 5.98. The first kappa shape index (κ1) is 9.71. The van der Waals surface area contributed by atoms with Gasteiger partial charge in [-0.15, -0.1) is 10.2 Å². The second-order valence-corrected chi connectivity index (χ2v) is 4.99. The molecule has 2 heterocycles. The van der Waals surface area contributed by atoms with Crippen LogP contribution in [0.1, 0.15) is 36.0 Å². The molecule has 0 unspecified atom stereocenters. The molecule has 0 amide bonds. The first-order valence-electron chi connectivity index (χ1n) is 5.17. The van der Waals surface area contributed by atoms with Gasteiger partial charge in [0, 0.05) is 5.92 Å². The molecule has 0 bridgehead atoms. The summed E-state index contributed by atoms with van der Waals surface area (Å²) in [6.07, 6.45) is 3.45. The molecule has 6 nitrogen and oxygen atoms in total. The van der Waals surface area contributed by atoms with Crippen molar-refractivity contribution in [2.75, 3.05) is 0 Å². The molecule has 1 aliphatic rings. The minimum Gasteiger partial charge on any atom is -0.481 e. The summed E-state index contributed by atoms with van der Waals surface area (Å²) in [6, 6.07) is 0. The van der Waals surface area contributed by atoms with Gasteiger partial charge in [0.25, 0.3) is 0 Å². The molecule has 0 atom stereocenters. The predicted molar refractivity (Wildman–Crippen MR) is 56.6 cm³/mol. The maximum atomic E-state index is 10.6. The van der Waals surface area contributed by atoms with Crippen LogP contribution in [0.5, 0.6) is 0 Å². The molecule has 7 heteroatoms. The number of aromatic nitrogens is 4. The largest absolute Gasteiger partial charge is 0.481 e. The Morgan fingerprint density at radius 3 is 2.94 bits per heavy atom. The van der Waals surface area contributed by atoms with Gasteiger partial charge in [-0.25, -0.2) is 0 Å². The van der Waals surface area contributed by atoms with Gasteiger partial charge in [-0.05, 0) is 12.8 Å². The average Bonchev–Trinajstić information content (AvgIpc) is 2.63. The summed E-state index contributed by atoms with van der Waals surface area (Å²) in [6.45, 7) is 0. The van der Waals surface area contributed by atoms with Gasteiger partial charge >= 0.3 is 5.97 Å². The summed E-state index contributed by atoms with van der Waals surface area (Å²) in [4.78, 5) is 11.3. The van der Waals surface area contributed by atoms with Crippen molar-refractivity contribution in [1.29, 1.82) is 0 Å². The van der Waals surface area contributed by atoms with Crippen LogP contribution in [-0.2, 0) is 11.2 Å². The molecule has 0 radical (unpaired) electrons. The Balaban J connectivity index is 1.97. The molecule has 16 heavy (non-hydrogen) atoms. The quantitative estimate of drug-likeness (QED) is 0.865. The lowest BCUT2D eigenvalue weighted by Gasteiger charge is -2.22. The third-order valence-electron chi connectivity index (χ3n) is 2.83. The van der Waals surface area contributed by atoms with Crippen molar-refractivity contribution in [3.8, 4) is 0 Å². The zero-order valence-electron chi connectivity index (χ0n) is 8.46. The van der Waals surface area contributed by atoms with E-state index in [1.54, 1.807) is 4.52 Å². The Bertz CT molecular complexity index is 543. The maximum Gasteiger partial charge on any atom is 0.310 e. The molecule has 1 aliphatic carbocycles. The number of carboxylic acids is 1. The van der Waals surface area contributed by atoms with Crippen LogP contribution >= 0.6 is 11.3 Å². The van der Waals surface area contributed by atoms with E-state index in [1.807, 2.05) is 0 Å². The molecule has 1 N–H and O–H groups in total. The fourth-order valence-corrected chi connectivity index (χ4v) is 2.62. The zero-order chi connectivity index (χ0) is 11.1. The van der Waals surface area contributed by atoms with Crippen LogP contribution < -0.4 is 0 Å². The molecular formula is C9H10N4O2S. The molecular weight excluding hydrogens is 228 g/mol. The SMILES string of the molecule is O=C(O)Cc1nn2c(C3CCC3)nnc2s1. The topological polar surface area (TPSA) is 80.4 Å². The highest BCUT2D eigenvalue weighted by Gasteiger charge is 2.26. The summed E-state index contributed by atoms with van der Waals surface area (Å²) in [7, 11) is 0. The molecule has 0 aromatic carbocycles. The molecule has 3 rings (SSSR count). The zero-order valence-corrected chi connectivity index (χ0v) is 9.27. The van der Waals surface area contributed by atoms with Crippen molar-refractivity contribution >= 4 is 22.3 Å². The lowest BCUT2D eigenvalue weighted by Crippen LogP contribution is -2.13. The highest BCUT2D eigenvalue weighted by molar-refractivity contribution is 7.16. The number of carboxylic acid groups (broad SMARTS) is 1. The molecule has 84 valence electrons. The van der Waals surface area contributed by atoms with Crippen molar-refractivity contribution in [3.63, 3.8) is 0 Å². The lowest BCUT2D eigenvalue weighted by atomic mass is 9.85. The molecule has 0 saturated heterocycles. The van der Waals surface area contributed by atoms with E-state index in [1.165, 1.54) is 17.8 Å². The van der Waals surface area contributed by atoms with Gasteiger partial charge in [-0.3, -0.25) is 4.79 Å². The third-order valence-corrected chi connectivity index (χ3v) is 3.73. The van der Waals surface area contributed by atoms with Crippen molar-refractivity contribution < 1.29 is 9.90 Å². The van der Waals surface area contributed by atoms with Crippen molar-refractivity contribution in [3.05, 3.63) is 10.8 Å². The van der Waals surface area contributed by atoms with Crippen LogP contribution in [0.2, 0.25) is 0 Å². The summed E-state index contributed by atoms with van der Waals surface area (Å²) in [5.74, 6) is 0.471. The highest BCUT2D eigenvalue weighted by atomic mass is 32.1. The van der Waals surface area contributed by atoms with Crippen LogP contribution in [0.25, 0.3) is 4.96 Å². The van der Waals surface area contributed by atoms with Gasteiger partial charge in [0.1, 0.15) is 5.01 Å². The standard InChI is InChI=1S/C9H10N4O2S/c14-7(15)4-6-12-13-8(5-2-1-3-5)10-11-9(13)16-6/h5H,1-4H2,(H,14,15). The van der Waals surface area contributed by atoms with Crippen LogP contribution in [0.4, 0.5) is 0 Å². The lowest BCUT2D eigenvalue weighted by molar-refractivity contribution is -0.136. The second-order valence-electron chi connectivity index (χ2n) is 3.95. The van der Waals surface area contributed by atoms with E-state index >= 15 is 0 Å². The fraction of sp³-hybridized carbons (Fsp3) is 0.556. The summed E-state index contributed by atoms with van der Waals surface area (Å²) < 4.78 is 1.70. The van der Waals surface area contributed by atoms with Crippen LogP contribution in [-0.4, -0.2) is 30.9 Å². The van der Waals surface area contributed by atoms with E-state index in [-0.39, 0.29) is 6.42 Å². The summed E-state index contributed by atoms with van der Waals surface area (Å²) in [5.41, 5.74) is 0. The van der Waals surface area contributed by atoms with Gasteiger partial charge in [-0.2, -0.15) is 9.61 Å². The third kappa shape index (κ3) is 1.47. The normalized spacial score (nSPS) is 16.5. The second kappa shape index (κ2) is 3.51. The van der Waals surface area contributed by atoms with E-state index in [2.05, 4.69) is 15.3 Å². The van der Waals surface area contributed by atoms with E-state index in [0.717, 1.165) is 18.7 Å². The Labute approximate surface area is 94.9 Å². The molecule has 0 aliphatic heterocycles. The van der Waals surface area contributed by atoms with Crippen molar-refractivity contribution in [2.24, 2.45) is 0 Å². The van der Waals surface area contributed by atoms with Crippen LogP contribution in [0, 0.1) is 0 Å². The Morgan fingerprint density at radius 1 is 1.50 bits per heavy atom. The Hall–Kier alpha value is -1.50. The summed E-state index contributed by atoms with van der Waals surface area (Å²) in [5, 5.41) is 21.6. The van der Waals surface area contributed by atoms with Gasteiger partial charge < -0.3 is 5.11 Å². The highest BCUT2D eigenvalue weighted by Crippen LogP contribution is 2.35. The van der Waals surface area contributed by atoms with E-state index in [9.17, 15) is 4.79 Å². The average molecular weight is 238 g/mol. The van der Waals surface area contributed by atoms with Crippen molar-refractivity contribution in [2.45, 2.75) is 31.6 Å². The number of aliphatic carboxylic acids is 1. The van der Waals surface area contributed by atoms with E-state index in [0.29, 0.717) is 15.9 Å². The number of hydrogen-bond acceptors (Lipinski definition) is 5. The van der Waals surface area contributed by atoms with Crippen LogP contribution in [0.15, 0.2) is 0 Å². The molecule has 0 spiro atoms.